The van der Waals surface area contributed by atoms with Crippen molar-refractivity contribution in [3.05, 3.63) is 264 Å². The number of nitrogens with two attached hydrogens (primary N) is 4. The first-order valence-electron chi connectivity index (χ1n) is 29.8. The minimum absolute atomic E-state index is 0. The summed E-state index contributed by atoms with van der Waals surface area (Å²) in [5.74, 6) is 0.360. The van der Waals surface area contributed by atoms with Crippen molar-refractivity contribution in [2.24, 2.45) is 5.73 Å². The molecule has 0 unspecified atom stereocenters. The highest BCUT2D eigenvalue weighted by Crippen LogP contribution is 2.25. The first kappa shape index (κ1) is 66.9. The Balaban J connectivity index is 0.000000166. The number of carboxylic acids is 1. The number of benzene rings is 3. The molecule has 472 valence electrons. The van der Waals surface area contributed by atoms with E-state index in [0.717, 1.165) is 101 Å². The van der Waals surface area contributed by atoms with Gasteiger partial charge in [0.1, 0.15) is 17.5 Å². The van der Waals surface area contributed by atoms with Crippen LogP contribution in [0.1, 0.15) is 139 Å². The van der Waals surface area contributed by atoms with Crippen LogP contribution in [0.25, 0.3) is 32.7 Å². The van der Waals surface area contributed by atoms with Gasteiger partial charge in [-0.1, -0.05) is 25.6 Å². The lowest BCUT2D eigenvalue weighted by molar-refractivity contribution is 0.0696. The third-order valence-electron chi connectivity index (χ3n) is 16.0. The quantitative estimate of drug-likeness (QED) is 0.0484. The van der Waals surface area contributed by atoms with Crippen molar-refractivity contribution in [2.75, 3.05) is 17.2 Å². The van der Waals surface area contributed by atoms with E-state index in [1.165, 1.54) is 38.9 Å². The highest BCUT2D eigenvalue weighted by molar-refractivity contribution is 5.95. The zero-order valence-corrected chi connectivity index (χ0v) is 52.8. The summed E-state index contributed by atoms with van der Waals surface area (Å²) >= 11 is 0. The van der Waals surface area contributed by atoms with Crippen LogP contribution < -0.4 is 33.6 Å². The van der Waals surface area contributed by atoms with E-state index in [9.17, 15) is 14.4 Å². The van der Waals surface area contributed by atoms with Gasteiger partial charge in [-0.3, -0.25) is 24.5 Å². The van der Waals surface area contributed by atoms with E-state index in [-0.39, 0.29) is 24.8 Å². The van der Waals surface area contributed by atoms with Crippen LogP contribution >= 0.6 is 0 Å². The topological polar surface area (TPSA) is 324 Å². The lowest BCUT2D eigenvalue weighted by atomic mass is 10.0. The molecule has 0 aliphatic carbocycles. The van der Waals surface area contributed by atoms with Crippen LogP contribution in [0.2, 0.25) is 0 Å². The molecule has 12 aromatic rings. The second-order valence-corrected chi connectivity index (χ2v) is 22.9. The average Bonchev–Trinajstić information content (AvgIpc) is 1.71. The molecule has 0 atom stereocenters. The largest absolute Gasteiger partial charge is 0.478 e. The van der Waals surface area contributed by atoms with Crippen LogP contribution in [0.5, 0.6) is 0 Å². The van der Waals surface area contributed by atoms with E-state index in [1.807, 2.05) is 103 Å². The average molecular weight is 1230 g/mol. The molecule has 3 aromatic carbocycles. The molecule has 14 N–H and O–H groups in total. The number of nitrogens with one attached hydrogen (secondary N) is 5. The number of aromatic carboxylic acids is 1. The number of nitrogens with zero attached hydrogens (tertiary/aromatic N) is 6. The van der Waals surface area contributed by atoms with Crippen molar-refractivity contribution in [2.45, 2.75) is 109 Å². The predicted molar refractivity (Wildman–Crippen MR) is 369 cm³/mol. The number of anilines is 3. The molecule has 0 radical (unpaired) electrons. The number of carboxylic acid groups (broad SMARTS) is 1. The van der Waals surface area contributed by atoms with Gasteiger partial charge >= 0.3 is 5.97 Å². The summed E-state index contributed by atoms with van der Waals surface area (Å²) in [5.41, 5.74) is 45.8. The second kappa shape index (κ2) is 30.0. The zero-order chi connectivity index (χ0) is 65.0. The van der Waals surface area contributed by atoms with Gasteiger partial charge in [-0.15, -0.1) is 0 Å². The number of pyridine rings is 6. The molecular formula is C73H81N15O4. The van der Waals surface area contributed by atoms with Gasteiger partial charge in [-0.05, 0) is 220 Å². The number of fused-ring (bicyclic) bond motifs is 3. The maximum absolute atomic E-state index is 12.7. The Morgan fingerprint density at radius 3 is 1.05 bits per heavy atom. The van der Waals surface area contributed by atoms with Crippen molar-refractivity contribution < 1.29 is 19.5 Å². The van der Waals surface area contributed by atoms with Crippen molar-refractivity contribution in [1.29, 1.82) is 0 Å². The minimum atomic E-state index is -0.925. The van der Waals surface area contributed by atoms with Crippen LogP contribution in [-0.4, -0.2) is 67.7 Å². The molecule has 0 saturated heterocycles. The number of carbonyl (C=O) groups is 3. The lowest BCUT2D eigenvalue weighted by Gasteiger charge is -2.12. The minimum Gasteiger partial charge on any atom is -0.478 e. The van der Waals surface area contributed by atoms with Crippen molar-refractivity contribution in [1.82, 2.24) is 55.5 Å². The van der Waals surface area contributed by atoms with Gasteiger partial charge in [0, 0.05) is 154 Å². The number of carbonyl (C=O) groups excluding carboxylic acids is 2. The molecule has 0 spiro atoms. The number of nitrogen functional groups attached to an aromatic ring is 3. The third kappa shape index (κ3) is 16.8. The standard InChI is InChI=1S/2C24H25N5O.C16H14N2O2.C8H13N3.CH4/c2*1-14-8-23(25)29-16(3)21(14)13-28-24(30)18-6-7-26-19(11-18)9-17-4-5-22-20(10-17)15(2)12-27-22;1-10-9-18-15-3-2-11(7-14(10)15)6-13-8-12(16(19)20)4-5-17-13;1-5-3-8(10)11-6(2)7(5)4-9;/h2*4-8,10-12,27H,9,13H2,1-3H3,(H2,25,29)(H,28,30);2-5,7-9,18H,6H2,1H3,(H,19,20);3H,4,9H2,1-2H3,(H2,10,11);1H4. The van der Waals surface area contributed by atoms with E-state index in [4.69, 9.17) is 28.0 Å². The van der Waals surface area contributed by atoms with E-state index in [2.05, 4.69) is 119 Å². The van der Waals surface area contributed by atoms with Crippen molar-refractivity contribution in [3.63, 3.8) is 0 Å². The first-order valence-corrected chi connectivity index (χ1v) is 29.8. The number of aryl methyl sites for hydroxylation is 9. The molecule has 92 heavy (non-hydrogen) atoms. The summed E-state index contributed by atoms with van der Waals surface area (Å²) in [5, 5.41) is 18.6. The molecule has 12 rings (SSSR count). The van der Waals surface area contributed by atoms with Crippen LogP contribution in [0.3, 0.4) is 0 Å². The fourth-order valence-corrected chi connectivity index (χ4v) is 11.1. The fourth-order valence-electron chi connectivity index (χ4n) is 11.1. The van der Waals surface area contributed by atoms with E-state index in [1.54, 1.807) is 36.8 Å². The fraction of sp³-hybridized carbons (Fsp3) is 0.219. The third-order valence-corrected chi connectivity index (χ3v) is 16.0. The molecule has 2 amide bonds. The summed E-state index contributed by atoms with van der Waals surface area (Å²) in [4.78, 5) is 71.9. The maximum atomic E-state index is 12.7. The highest BCUT2D eigenvalue weighted by atomic mass is 16.4. The molecule has 9 heterocycles. The molecule has 19 heteroatoms. The summed E-state index contributed by atoms with van der Waals surface area (Å²) < 4.78 is 0. The Morgan fingerprint density at radius 1 is 0.424 bits per heavy atom. The normalized spacial score (nSPS) is 10.8. The van der Waals surface area contributed by atoms with E-state index < -0.39 is 5.97 Å². The van der Waals surface area contributed by atoms with Gasteiger partial charge in [0.25, 0.3) is 11.8 Å². The number of rotatable bonds is 14. The molecule has 0 aliphatic rings. The summed E-state index contributed by atoms with van der Waals surface area (Å²) in [7, 11) is 0. The molecular weight excluding hydrogens is 1150 g/mol. The Bertz CT molecular complexity index is 4370. The second-order valence-electron chi connectivity index (χ2n) is 22.9. The van der Waals surface area contributed by atoms with Crippen LogP contribution in [0, 0.1) is 62.3 Å². The summed E-state index contributed by atoms with van der Waals surface area (Å²) in [6, 6.07) is 34.7. The number of aromatic amines is 3. The number of hydrogen-bond donors (Lipinski definition) is 10. The predicted octanol–water partition coefficient (Wildman–Crippen LogP) is 12.5. The Kier molecular flexibility index (Phi) is 21.8. The molecule has 0 aliphatic heterocycles. The van der Waals surface area contributed by atoms with Gasteiger partial charge in [0.15, 0.2) is 0 Å². The van der Waals surface area contributed by atoms with Gasteiger partial charge in [0.2, 0.25) is 0 Å². The van der Waals surface area contributed by atoms with E-state index >= 15 is 0 Å². The number of aromatic nitrogens is 9. The SMILES string of the molecule is C.Cc1c[nH]c2ccc(Cc3cc(C(=O)O)ccn3)cc12.Cc1cc(N)nc(C)c1CN.Cc1cc(N)nc(C)c1CNC(=O)c1ccnc(Cc2ccc3[nH]cc(C)c3c2)c1.Cc1cc(N)nc(C)c1CNC(=O)c1ccnc(Cc2ccc3[nH]cc(C)c3c2)c1. The van der Waals surface area contributed by atoms with Crippen molar-refractivity contribution >= 4 is 67.9 Å². The van der Waals surface area contributed by atoms with E-state index in [0.29, 0.717) is 67.5 Å². The number of amides is 2. The Morgan fingerprint density at radius 2 is 0.739 bits per heavy atom. The molecule has 0 fully saturated rings. The van der Waals surface area contributed by atoms with Crippen LogP contribution in [0.15, 0.2) is 146 Å². The summed E-state index contributed by atoms with van der Waals surface area (Å²) in [6.45, 7) is 19.3. The number of hydrogen-bond acceptors (Lipinski definition) is 13. The Labute approximate surface area is 536 Å². The van der Waals surface area contributed by atoms with Gasteiger partial charge in [-0.2, -0.15) is 0 Å². The maximum Gasteiger partial charge on any atom is 0.335 e. The highest BCUT2D eigenvalue weighted by Gasteiger charge is 2.15. The smallest absolute Gasteiger partial charge is 0.335 e. The number of H-pyrrole nitrogens is 3. The monoisotopic (exact) mass is 1230 g/mol. The zero-order valence-electron chi connectivity index (χ0n) is 52.8. The molecule has 9 aromatic heterocycles. The van der Waals surface area contributed by atoms with Crippen LogP contribution in [-0.2, 0) is 38.9 Å². The lowest BCUT2D eigenvalue weighted by Crippen LogP contribution is -2.24. The first-order chi connectivity index (χ1) is 43.6. The summed E-state index contributed by atoms with van der Waals surface area (Å²) in [6.07, 6.45) is 12.9. The molecule has 19 nitrogen and oxygen atoms in total. The van der Waals surface area contributed by atoms with Gasteiger partial charge in [0.05, 0.1) is 5.56 Å². The van der Waals surface area contributed by atoms with Crippen LogP contribution in [0.4, 0.5) is 17.5 Å². The van der Waals surface area contributed by atoms with Gasteiger partial charge in [-0.25, -0.2) is 19.7 Å². The molecule has 0 bridgehead atoms. The van der Waals surface area contributed by atoms with Crippen molar-refractivity contribution in [3.8, 4) is 0 Å². The molecule has 0 saturated carbocycles. The van der Waals surface area contributed by atoms with Gasteiger partial charge < -0.3 is 53.6 Å². The Hall–Kier alpha value is -11.1.